The Morgan fingerprint density at radius 1 is 1.25 bits per heavy atom. The van der Waals surface area contributed by atoms with Crippen LogP contribution < -0.4 is 5.32 Å². The first kappa shape index (κ1) is 13.2. The van der Waals surface area contributed by atoms with E-state index in [-0.39, 0.29) is 0 Å². The van der Waals surface area contributed by atoms with Crippen molar-refractivity contribution < 1.29 is 0 Å². The average molecular weight is 336 g/mol. The van der Waals surface area contributed by atoms with E-state index in [0.717, 1.165) is 41.3 Å². The van der Waals surface area contributed by atoms with Crippen LogP contribution in [0.2, 0.25) is 0 Å². The SMILES string of the molecule is Cn1cnc(CCNCc2cnc3cnc(Br)cn23)n1. The lowest BCUT2D eigenvalue weighted by Crippen LogP contribution is -2.18. The van der Waals surface area contributed by atoms with Gasteiger partial charge in [0.25, 0.3) is 0 Å². The summed E-state index contributed by atoms with van der Waals surface area (Å²) in [6, 6.07) is 0. The zero-order chi connectivity index (χ0) is 13.9. The Morgan fingerprint density at radius 2 is 2.15 bits per heavy atom. The molecular formula is C12H14BrN7. The zero-order valence-electron chi connectivity index (χ0n) is 11.0. The van der Waals surface area contributed by atoms with Crippen molar-refractivity contribution in [3.8, 4) is 0 Å². The van der Waals surface area contributed by atoms with Gasteiger partial charge >= 0.3 is 0 Å². The second-order valence-electron chi connectivity index (χ2n) is 4.45. The molecule has 0 spiro atoms. The molecule has 0 radical (unpaired) electrons. The number of halogens is 1. The third-order valence-corrected chi connectivity index (χ3v) is 3.33. The van der Waals surface area contributed by atoms with Crippen LogP contribution in [-0.2, 0) is 20.0 Å². The molecule has 3 heterocycles. The lowest BCUT2D eigenvalue weighted by Gasteiger charge is -2.03. The smallest absolute Gasteiger partial charge is 0.155 e. The van der Waals surface area contributed by atoms with Crippen LogP contribution in [0.1, 0.15) is 11.5 Å². The maximum absolute atomic E-state index is 4.31. The van der Waals surface area contributed by atoms with Crippen LogP contribution in [0, 0.1) is 0 Å². The topological polar surface area (TPSA) is 72.9 Å². The van der Waals surface area contributed by atoms with Crippen molar-refractivity contribution in [2.24, 2.45) is 7.05 Å². The summed E-state index contributed by atoms with van der Waals surface area (Å²) in [5.41, 5.74) is 1.94. The highest BCUT2D eigenvalue weighted by Gasteiger charge is 2.04. The van der Waals surface area contributed by atoms with Gasteiger partial charge in [-0.3, -0.25) is 9.08 Å². The number of imidazole rings is 1. The third-order valence-electron chi connectivity index (χ3n) is 2.92. The summed E-state index contributed by atoms with van der Waals surface area (Å²) in [5, 5.41) is 7.61. The van der Waals surface area contributed by atoms with E-state index in [0.29, 0.717) is 0 Å². The molecule has 3 rings (SSSR count). The lowest BCUT2D eigenvalue weighted by molar-refractivity contribution is 0.649. The molecule has 0 amide bonds. The number of nitrogens with zero attached hydrogens (tertiary/aromatic N) is 6. The molecule has 20 heavy (non-hydrogen) atoms. The fourth-order valence-electron chi connectivity index (χ4n) is 1.96. The molecule has 3 aromatic rings. The number of hydrogen-bond donors (Lipinski definition) is 1. The van der Waals surface area contributed by atoms with E-state index in [9.17, 15) is 0 Å². The summed E-state index contributed by atoms with van der Waals surface area (Å²) < 4.78 is 4.52. The standard InChI is InChI=1S/C12H14BrN7/c1-19-8-17-11(18-19)2-3-14-4-9-5-16-12-6-15-10(13)7-20(9)12/h5-8,14H,2-4H2,1H3. The van der Waals surface area contributed by atoms with Crippen molar-refractivity contribution in [2.45, 2.75) is 13.0 Å². The minimum atomic E-state index is 0.741. The summed E-state index contributed by atoms with van der Waals surface area (Å²) in [5.74, 6) is 0.852. The van der Waals surface area contributed by atoms with E-state index in [1.54, 1.807) is 17.2 Å². The maximum atomic E-state index is 4.31. The van der Waals surface area contributed by atoms with E-state index in [1.165, 1.54) is 0 Å². The fourth-order valence-corrected chi connectivity index (χ4v) is 2.27. The molecule has 0 saturated carbocycles. The number of rotatable bonds is 5. The minimum absolute atomic E-state index is 0.741. The Labute approximate surface area is 124 Å². The summed E-state index contributed by atoms with van der Waals surface area (Å²) >= 11 is 3.37. The summed E-state index contributed by atoms with van der Waals surface area (Å²) in [6.45, 7) is 1.56. The van der Waals surface area contributed by atoms with Gasteiger partial charge in [0.1, 0.15) is 10.9 Å². The maximum Gasteiger partial charge on any atom is 0.155 e. The number of aryl methyl sites for hydroxylation is 1. The second-order valence-corrected chi connectivity index (χ2v) is 5.26. The van der Waals surface area contributed by atoms with Crippen LogP contribution in [0.25, 0.3) is 5.65 Å². The van der Waals surface area contributed by atoms with Crippen LogP contribution in [-0.4, -0.2) is 35.7 Å². The van der Waals surface area contributed by atoms with Crippen LogP contribution in [0.3, 0.4) is 0 Å². The summed E-state index contributed by atoms with van der Waals surface area (Å²) in [6.07, 6.45) is 8.04. The molecule has 3 aromatic heterocycles. The highest BCUT2D eigenvalue weighted by atomic mass is 79.9. The highest BCUT2D eigenvalue weighted by molar-refractivity contribution is 9.10. The van der Waals surface area contributed by atoms with Gasteiger partial charge in [-0.1, -0.05) is 0 Å². The van der Waals surface area contributed by atoms with E-state index in [2.05, 4.69) is 41.3 Å². The van der Waals surface area contributed by atoms with E-state index in [4.69, 9.17) is 0 Å². The molecule has 0 aliphatic heterocycles. The molecule has 0 aromatic carbocycles. The molecule has 7 nitrogen and oxygen atoms in total. The van der Waals surface area contributed by atoms with Gasteiger partial charge in [0.05, 0.1) is 18.1 Å². The van der Waals surface area contributed by atoms with E-state index >= 15 is 0 Å². The number of fused-ring (bicyclic) bond motifs is 1. The second kappa shape index (κ2) is 5.68. The molecule has 8 heteroatoms. The number of hydrogen-bond acceptors (Lipinski definition) is 5. The molecule has 104 valence electrons. The average Bonchev–Trinajstić information content (AvgIpc) is 3.01. The predicted molar refractivity (Wildman–Crippen MR) is 77.1 cm³/mol. The van der Waals surface area contributed by atoms with Crippen molar-refractivity contribution in [3.05, 3.63) is 41.0 Å². The fraction of sp³-hybridized carbons (Fsp3) is 0.333. The van der Waals surface area contributed by atoms with Crippen molar-refractivity contribution in [3.63, 3.8) is 0 Å². The Morgan fingerprint density at radius 3 is 2.95 bits per heavy atom. The number of aromatic nitrogens is 6. The van der Waals surface area contributed by atoms with Crippen LogP contribution in [0.15, 0.2) is 29.5 Å². The van der Waals surface area contributed by atoms with Crippen molar-refractivity contribution >= 4 is 21.6 Å². The van der Waals surface area contributed by atoms with Gasteiger partial charge in [-0.05, 0) is 15.9 Å². The van der Waals surface area contributed by atoms with Gasteiger partial charge in [0.2, 0.25) is 0 Å². The van der Waals surface area contributed by atoms with Gasteiger partial charge < -0.3 is 5.32 Å². The first-order valence-corrected chi connectivity index (χ1v) is 7.04. The largest absolute Gasteiger partial charge is 0.311 e. The molecule has 1 N–H and O–H groups in total. The Bertz CT molecular complexity index is 717. The van der Waals surface area contributed by atoms with Crippen LogP contribution in [0.5, 0.6) is 0 Å². The molecule has 0 aliphatic rings. The number of nitrogens with one attached hydrogen (secondary N) is 1. The Balaban J connectivity index is 1.58. The van der Waals surface area contributed by atoms with E-state index < -0.39 is 0 Å². The lowest BCUT2D eigenvalue weighted by atomic mass is 10.4. The minimum Gasteiger partial charge on any atom is -0.311 e. The molecule has 0 aliphatic carbocycles. The Kier molecular flexibility index (Phi) is 3.75. The zero-order valence-corrected chi connectivity index (χ0v) is 12.6. The third kappa shape index (κ3) is 2.86. The molecule has 0 atom stereocenters. The molecule has 0 saturated heterocycles. The van der Waals surface area contributed by atoms with Crippen molar-refractivity contribution in [1.82, 2.24) is 34.4 Å². The molecule has 0 fully saturated rings. The quantitative estimate of drug-likeness (QED) is 0.703. The van der Waals surface area contributed by atoms with Crippen LogP contribution >= 0.6 is 15.9 Å². The monoisotopic (exact) mass is 335 g/mol. The first-order chi connectivity index (χ1) is 9.72. The van der Waals surface area contributed by atoms with Crippen molar-refractivity contribution in [2.75, 3.05) is 6.54 Å². The summed E-state index contributed by atoms with van der Waals surface area (Å²) in [4.78, 5) is 12.7. The Hall–Kier alpha value is -1.80. The highest BCUT2D eigenvalue weighted by Crippen LogP contribution is 2.10. The van der Waals surface area contributed by atoms with Crippen molar-refractivity contribution in [1.29, 1.82) is 0 Å². The molecule has 0 bridgehead atoms. The van der Waals surface area contributed by atoms with Gasteiger partial charge in [0, 0.05) is 32.8 Å². The molecular weight excluding hydrogens is 322 g/mol. The van der Waals surface area contributed by atoms with Gasteiger partial charge in [-0.2, -0.15) is 5.10 Å². The predicted octanol–water partition coefficient (Wildman–Crippen LogP) is 0.953. The van der Waals surface area contributed by atoms with Gasteiger partial charge in [-0.15, -0.1) is 0 Å². The van der Waals surface area contributed by atoms with Crippen LogP contribution in [0.4, 0.5) is 0 Å². The van der Waals surface area contributed by atoms with Gasteiger partial charge in [-0.25, -0.2) is 15.0 Å². The first-order valence-electron chi connectivity index (χ1n) is 6.25. The molecule has 0 unspecified atom stereocenters. The van der Waals surface area contributed by atoms with E-state index in [1.807, 2.05) is 23.8 Å². The van der Waals surface area contributed by atoms with Gasteiger partial charge in [0.15, 0.2) is 11.5 Å². The normalized spacial score (nSPS) is 11.3. The summed E-state index contributed by atoms with van der Waals surface area (Å²) in [7, 11) is 1.87.